The summed E-state index contributed by atoms with van der Waals surface area (Å²) in [5.74, 6) is 0. The van der Waals surface area contributed by atoms with Crippen LogP contribution in [0, 0.1) is 0 Å². The number of hydrogen-bond acceptors (Lipinski definition) is 2. The van der Waals surface area contributed by atoms with Gasteiger partial charge in [0.25, 0.3) is 0 Å². The van der Waals surface area contributed by atoms with E-state index < -0.39 is 10.0 Å². The van der Waals surface area contributed by atoms with Gasteiger partial charge in [0.2, 0.25) is 10.0 Å². The maximum absolute atomic E-state index is 12.2. The molecule has 1 aromatic rings. The van der Waals surface area contributed by atoms with E-state index in [9.17, 15) is 8.42 Å². The molecular formula is C13H17NO2S. The van der Waals surface area contributed by atoms with E-state index in [1.807, 2.05) is 19.1 Å². The first kappa shape index (κ1) is 11.2. The van der Waals surface area contributed by atoms with Crippen molar-refractivity contribution in [3.63, 3.8) is 0 Å². The van der Waals surface area contributed by atoms with Crippen LogP contribution in [0.15, 0.2) is 23.1 Å². The summed E-state index contributed by atoms with van der Waals surface area (Å²) >= 11 is 0. The van der Waals surface area contributed by atoms with Gasteiger partial charge in [0.15, 0.2) is 0 Å². The van der Waals surface area contributed by atoms with Crippen molar-refractivity contribution in [2.75, 3.05) is 0 Å². The fourth-order valence-corrected chi connectivity index (χ4v) is 3.90. The molecule has 0 amide bonds. The van der Waals surface area contributed by atoms with Gasteiger partial charge < -0.3 is 0 Å². The average Bonchev–Trinajstić information content (AvgIpc) is 2.81. The summed E-state index contributed by atoms with van der Waals surface area (Å²) in [6, 6.07) is 5.54. The maximum Gasteiger partial charge on any atom is 0.241 e. The second-order valence-electron chi connectivity index (χ2n) is 5.45. The predicted octanol–water partition coefficient (Wildman–Crippen LogP) is 2.01. The topological polar surface area (TPSA) is 46.2 Å². The third-order valence-electron chi connectivity index (χ3n) is 3.76. The lowest BCUT2D eigenvalue weighted by Gasteiger charge is -2.13. The van der Waals surface area contributed by atoms with Gasteiger partial charge in [-0.2, -0.15) is 0 Å². The van der Waals surface area contributed by atoms with Crippen LogP contribution in [0.25, 0.3) is 0 Å². The molecular weight excluding hydrogens is 234 g/mol. The second kappa shape index (κ2) is 3.56. The third kappa shape index (κ3) is 2.11. The number of rotatable bonds is 3. The van der Waals surface area contributed by atoms with Crippen LogP contribution >= 0.6 is 0 Å². The zero-order valence-corrected chi connectivity index (χ0v) is 10.8. The van der Waals surface area contributed by atoms with Crippen molar-refractivity contribution in [3.8, 4) is 0 Å². The van der Waals surface area contributed by atoms with Gasteiger partial charge >= 0.3 is 0 Å². The normalized spacial score (nSPS) is 21.2. The van der Waals surface area contributed by atoms with E-state index >= 15 is 0 Å². The third-order valence-corrected chi connectivity index (χ3v) is 5.40. The van der Waals surface area contributed by atoms with Crippen molar-refractivity contribution in [1.82, 2.24) is 4.72 Å². The lowest BCUT2D eigenvalue weighted by molar-refractivity contribution is 0.558. The molecule has 92 valence electrons. The Bertz CT molecular complexity index is 559. The molecule has 2 aliphatic carbocycles. The van der Waals surface area contributed by atoms with Crippen LogP contribution < -0.4 is 4.72 Å². The van der Waals surface area contributed by atoms with Crippen LogP contribution in [0.2, 0.25) is 0 Å². The molecule has 1 N–H and O–H groups in total. The first-order valence-electron chi connectivity index (χ1n) is 6.14. The maximum atomic E-state index is 12.2. The number of benzene rings is 1. The zero-order chi connectivity index (χ0) is 12.1. The molecule has 0 bridgehead atoms. The Morgan fingerprint density at radius 3 is 2.59 bits per heavy atom. The highest BCUT2D eigenvalue weighted by atomic mass is 32.2. The van der Waals surface area contributed by atoms with Gasteiger partial charge in [-0.1, -0.05) is 6.07 Å². The highest BCUT2D eigenvalue weighted by molar-refractivity contribution is 7.89. The van der Waals surface area contributed by atoms with Crippen molar-refractivity contribution in [1.29, 1.82) is 0 Å². The van der Waals surface area contributed by atoms with Crippen molar-refractivity contribution in [2.24, 2.45) is 0 Å². The highest BCUT2D eigenvalue weighted by Gasteiger charge is 2.41. The standard InChI is InChI=1S/C13H17NO2S/c1-13(7-8-13)14-17(15,16)12-6-5-10-3-2-4-11(10)9-12/h5-6,9,14H,2-4,7-8H2,1H3. The average molecular weight is 251 g/mol. The Morgan fingerprint density at radius 2 is 1.88 bits per heavy atom. The summed E-state index contributed by atoms with van der Waals surface area (Å²) < 4.78 is 27.1. The predicted molar refractivity (Wildman–Crippen MR) is 66.4 cm³/mol. The second-order valence-corrected chi connectivity index (χ2v) is 7.13. The number of hydrogen-bond donors (Lipinski definition) is 1. The minimum Gasteiger partial charge on any atom is -0.207 e. The Kier molecular flexibility index (Phi) is 2.35. The van der Waals surface area contributed by atoms with E-state index in [0.29, 0.717) is 4.90 Å². The van der Waals surface area contributed by atoms with Crippen LogP contribution in [0.5, 0.6) is 0 Å². The first-order chi connectivity index (χ1) is 7.99. The van der Waals surface area contributed by atoms with Gasteiger partial charge in [-0.25, -0.2) is 13.1 Å². The fraction of sp³-hybridized carbons (Fsp3) is 0.538. The molecule has 0 aromatic heterocycles. The van der Waals surface area contributed by atoms with Gasteiger partial charge in [0, 0.05) is 5.54 Å². The summed E-state index contributed by atoms with van der Waals surface area (Å²) in [6.07, 6.45) is 5.12. The summed E-state index contributed by atoms with van der Waals surface area (Å²) in [5.41, 5.74) is 2.31. The molecule has 3 nitrogen and oxygen atoms in total. The highest BCUT2D eigenvalue weighted by Crippen LogP contribution is 2.36. The monoisotopic (exact) mass is 251 g/mol. The molecule has 1 aromatic carbocycles. The lowest BCUT2D eigenvalue weighted by atomic mass is 10.1. The summed E-state index contributed by atoms with van der Waals surface area (Å²) in [5, 5.41) is 0. The van der Waals surface area contributed by atoms with Crippen molar-refractivity contribution < 1.29 is 8.42 Å². The molecule has 1 fully saturated rings. The SMILES string of the molecule is CC1(NS(=O)(=O)c2ccc3c(c2)CCC3)CC1. The van der Waals surface area contributed by atoms with E-state index in [4.69, 9.17) is 0 Å². The first-order valence-corrected chi connectivity index (χ1v) is 7.63. The van der Waals surface area contributed by atoms with E-state index in [2.05, 4.69) is 4.72 Å². The fourth-order valence-electron chi connectivity index (χ4n) is 2.39. The molecule has 0 atom stereocenters. The van der Waals surface area contributed by atoms with Crippen molar-refractivity contribution in [2.45, 2.75) is 49.5 Å². The van der Waals surface area contributed by atoms with Gasteiger partial charge in [0.1, 0.15) is 0 Å². The number of nitrogens with one attached hydrogen (secondary N) is 1. The smallest absolute Gasteiger partial charge is 0.207 e. The van der Waals surface area contributed by atoms with Gasteiger partial charge in [-0.05, 0) is 62.3 Å². The number of fused-ring (bicyclic) bond motifs is 1. The molecule has 1 saturated carbocycles. The molecule has 0 heterocycles. The minimum absolute atomic E-state index is 0.197. The molecule has 0 saturated heterocycles. The number of sulfonamides is 1. The van der Waals surface area contributed by atoms with Crippen LogP contribution in [0.4, 0.5) is 0 Å². The minimum atomic E-state index is -3.33. The van der Waals surface area contributed by atoms with Crippen molar-refractivity contribution in [3.05, 3.63) is 29.3 Å². The van der Waals surface area contributed by atoms with Gasteiger partial charge in [0.05, 0.1) is 4.90 Å². The van der Waals surface area contributed by atoms with E-state index in [1.165, 1.54) is 11.1 Å². The zero-order valence-electron chi connectivity index (χ0n) is 9.99. The van der Waals surface area contributed by atoms with Crippen LogP contribution in [0.3, 0.4) is 0 Å². The molecule has 4 heteroatoms. The van der Waals surface area contributed by atoms with E-state index in [0.717, 1.165) is 32.1 Å². The van der Waals surface area contributed by atoms with Crippen LogP contribution in [-0.4, -0.2) is 14.0 Å². The molecule has 2 aliphatic rings. The van der Waals surface area contributed by atoms with Crippen LogP contribution in [-0.2, 0) is 22.9 Å². The van der Waals surface area contributed by atoms with E-state index in [1.54, 1.807) is 6.07 Å². The molecule has 0 radical (unpaired) electrons. The van der Waals surface area contributed by atoms with Gasteiger partial charge in [-0.15, -0.1) is 0 Å². The largest absolute Gasteiger partial charge is 0.241 e. The summed E-state index contributed by atoms with van der Waals surface area (Å²) in [4.78, 5) is 0.422. The Morgan fingerprint density at radius 1 is 1.18 bits per heavy atom. The molecule has 0 unspecified atom stereocenters. The summed E-state index contributed by atoms with van der Waals surface area (Å²) in [7, 11) is -3.33. The Hall–Kier alpha value is -0.870. The van der Waals surface area contributed by atoms with E-state index in [-0.39, 0.29) is 5.54 Å². The Labute approximate surface area is 102 Å². The summed E-state index contributed by atoms with van der Waals surface area (Å²) in [6.45, 7) is 1.96. The Balaban J connectivity index is 1.93. The van der Waals surface area contributed by atoms with Crippen molar-refractivity contribution >= 4 is 10.0 Å². The lowest BCUT2D eigenvalue weighted by Crippen LogP contribution is -2.34. The molecule has 17 heavy (non-hydrogen) atoms. The van der Waals surface area contributed by atoms with Gasteiger partial charge in [-0.3, -0.25) is 0 Å². The number of aryl methyl sites for hydroxylation is 2. The molecule has 0 spiro atoms. The van der Waals surface area contributed by atoms with Crippen LogP contribution in [0.1, 0.15) is 37.3 Å². The molecule has 0 aliphatic heterocycles. The molecule has 3 rings (SSSR count). The quantitative estimate of drug-likeness (QED) is 0.893.